The molecule has 24 heavy (non-hydrogen) atoms. The molecule has 9 heteroatoms. The normalized spacial score (nSPS) is 11.6. The Morgan fingerprint density at radius 3 is 2.71 bits per heavy atom. The number of aromatic carboxylic acids is 1. The van der Waals surface area contributed by atoms with Crippen LogP contribution >= 0.6 is 0 Å². The van der Waals surface area contributed by atoms with Crippen molar-refractivity contribution in [3.05, 3.63) is 53.5 Å². The van der Waals surface area contributed by atoms with Gasteiger partial charge in [-0.1, -0.05) is 0 Å². The van der Waals surface area contributed by atoms with Crippen molar-refractivity contribution in [2.45, 2.75) is 11.8 Å². The number of aromatic nitrogens is 2. The van der Waals surface area contributed by atoms with Crippen LogP contribution in [0.4, 0.5) is 10.1 Å². The van der Waals surface area contributed by atoms with Gasteiger partial charge in [-0.05, 0) is 42.8 Å². The number of aryl methyl sites for hydroxylation is 1. The number of fused-ring (bicyclic) bond motifs is 1. The Hall–Kier alpha value is -2.94. The number of carbonyl (C=O) groups is 1. The van der Waals surface area contributed by atoms with Crippen LogP contribution < -0.4 is 4.72 Å². The van der Waals surface area contributed by atoms with Gasteiger partial charge in [0.15, 0.2) is 0 Å². The number of carboxylic acids is 1. The monoisotopic (exact) mass is 349 g/mol. The Morgan fingerprint density at radius 2 is 2.04 bits per heavy atom. The van der Waals surface area contributed by atoms with Gasteiger partial charge in [0.05, 0.1) is 27.9 Å². The van der Waals surface area contributed by atoms with Gasteiger partial charge in [0.25, 0.3) is 10.0 Å². The zero-order valence-electron chi connectivity index (χ0n) is 12.4. The van der Waals surface area contributed by atoms with Crippen molar-refractivity contribution in [1.82, 2.24) is 10.2 Å². The Balaban J connectivity index is 1.99. The van der Waals surface area contributed by atoms with Crippen molar-refractivity contribution in [2.24, 2.45) is 0 Å². The van der Waals surface area contributed by atoms with E-state index < -0.39 is 27.4 Å². The van der Waals surface area contributed by atoms with Crippen LogP contribution in [0.15, 0.2) is 41.4 Å². The van der Waals surface area contributed by atoms with Gasteiger partial charge < -0.3 is 5.11 Å². The molecule has 3 rings (SSSR count). The highest BCUT2D eigenvalue weighted by atomic mass is 32.2. The summed E-state index contributed by atoms with van der Waals surface area (Å²) in [4.78, 5) is 10.4. The third-order valence-electron chi connectivity index (χ3n) is 3.51. The maximum atomic E-state index is 13.7. The van der Waals surface area contributed by atoms with E-state index >= 15 is 0 Å². The zero-order valence-corrected chi connectivity index (χ0v) is 13.2. The van der Waals surface area contributed by atoms with Gasteiger partial charge in [-0.25, -0.2) is 17.6 Å². The van der Waals surface area contributed by atoms with Crippen molar-refractivity contribution in [3.63, 3.8) is 0 Å². The number of hydrogen-bond donors (Lipinski definition) is 3. The predicted molar refractivity (Wildman–Crippen MR) is 85.0 cm³/mol. The fourth-order valence-electron chi connectivity index (χ4n) is 2.26. The minimum absolute atomic E-state index is 0.314. The molecule has 3 aromatic rings. The Kier molecular flexibility index (Phi) is 3.72. The van der Waals surface area contributed by atoms with Crippen molar-refractivity contribution < 1.29 is 22.7 Å². The average Bonchev–Trinajstić information content (AvgIpc) is 2.93. The lowest BCUT2D eigenvalue weighted by Gasteiger charge is -2.11. The summed E-state index contributed by atoms with van der Waals surface area (Å²) < 4.78 is 40.9. The van der Waals surface area contributed by atoms with Crippen molar-refractivity contribution in [3.8, 4) is 0 Å². The maximum Gasteiger partial charge on any atom is 0.338 e. The SMILES string of the molecule is Cc1cc2cn[nH]c2cc1NS(=O)(=O)c1ccc(C(=O)O)c(F)c1. The summed E-state index contributed by atoms with van der Waals surface area (Å²) in [6.45, 7) is 1.72. The second-order valence-corrected chi connectivity index (χ2v) is 6.86. The summed E-state index contributed by atoms with van der Waals surface area (Å²) in [5.41, 5.74) is 1.03. The van der Waals surface area contributed by atoms with Crippen LogP contribution in [0.5, 0.6) is 0 Å². The molecular formula is C15H12FN3O4S. The van der Waals surface area contributed by atoms with E-state index in [2.05, 4.69) is 14.9 Å². The Bertz CT molecular complexity index is 1060. The van der Waals surface area contributed by atoms with Crippen LogP contribution in [0.1, 0.15) is 15.9 Å². The number of rotatable bonds is 4. The fourth-order valence-corrected chi connectivity index (χ4v) is 3.39. The van der Waals surface area contributed by atoms with Gasteiger partial charge in [-0.15, -0.1) is 0 Å². The van der Waals surface area contributed by atoms with Crippen LogP contribution in [-0.2, 0) is 10.0 Å². The van der Waals surface area contributed by atoms with Gasteiger partial charge in [0.2, 0.25) is 0 Å². The number of aromatic amines is 1. The van der Waals surface area contributed by atoms with E-state index in [9.17, 15) is 17.6 Å². The van der Waals surface area contributed by atoms with Gasteiger partial charge in [-0.3, -0.25) is 9.82 Å². The van der Waals surface area contributed by atoms with E-state index in [0.29, 0.717) is 22.8 Å². The first kappa shape index (κ1) is 15.9. The lowest BCUT2D eigenvalue weighted by molar-refractivity contribution is 0.0691. The van der Waals surface area contributed by atoms with E-state index in [1.165, 1.54) is 0 Å². The van der Waals surface area contributed by atoms with Crippen LogP contribution in [0, 0.1) is 12.7 Å². The lowest BCUT2D eigenvalue weighted by Crippen LogP contribution is -2.14. The standard InChI is InChI=1S/C15H12FN3O4S/c1-8-4-9-7-17-18-14(9)6-13(8)19-24(22,23)10-2-3-11(15(20)21)12(16)5-10/h2-7,19H,1H3,(H,17,18)(H,20,21). The molecule has 0 radical (unpaired) electrons. The van der Waals surface area contributed by atoms with Crippen LogP contribution in [0.25, 0.3) is 10.9 Å². The number of carboxylic acid groups (broad SMARTS) is 1. The van der Waals surface area contributed by atoms with Gasteiger partial charge in [0, 0.05) is 5.39 Å². The summed E-state index contributed by atoms with van der Waals surface area (Å²) in [7, 11) is -4.07. The minimum atomic E-state index is -4.07. The molecule has 0 amide bonds. The summed E-state index contributed by atoms with van der Waals surface area (Å²) in [6.07, 6.45) is 1.61. The molecule has 7 nitrogen and oxygen atoms in total. The van der Waals surface area contributed by atoms with Crippen LogP contribution in [0.3, 0.4) is 0 Å². The molecular weight excluding hydrogens is 337 g/mol. The Labute approximate surface area is 136 Å². The fraction of sp³-hybridized carbons (Fsp3) is 0.0667. The van der Waals surface area contributed by atoms with Crippen molar-refractivity contribution >= 4 is 32.6 Å². The summed E-state index contributed by atoms with van der Waals surface area (Å²) in [6, 6.07) is 5.97. The van der Waals surface area contributed by atoms with Crippen molar-refractivity contribution in [2.75, 3.05) is 4.72 Å². The first-order chi connectivity index (χ1) is 11.3. The lowest BCUT2D eigenvalue weighted by atomic mass is 10.1. The molecule has 1 heterocycles. The highest BCUT2D eigenvalue weighted by Crippen LogP contribution is 2.25. The molecule has 0 spiro atoms. The first-order valence-corrected chi connectivity index (χ1v) is 8.25. The number of halogens is 1. The number of sulfonamides is 1. The largest absolute Gasteiger partial charge is 0.478 e. The first-order valence-electron chi connectivity index (χ1n) is 6.77. The highest BCUT2D eigenvalue weighted by molar-refractivity contribution is 7.92. The number of H-pyrrole nitrogens is 1. The summed E-state index contributed by atoms with van der Waals surface area (Å²) >= 11 is 0. The average molecular weight is 349 g/mol. The third kappa shape index (κ3) is 2.81. The molecule has 0 fully saturated rings. The van der Waals surface area contributed by atoms with E-state index in [0.717, 1.165) is 17.5 Å². The molecule has 3 N–H and O–H groups in total. The molecule has 0 saturated heterocycles. The molecule has 2 aromatic carbocycles. The third-order valence-corrected chi connectivity index (χ3v) is 4.87. The number of hydrogen-bond acceptors (Lipinski definition) is 4. The second-order valence-electron chi connectivity index (χ2n) is 5.18. The summed E-state index contributed by atoms with van der Waals surface area (Å²) in [5.74, 6) is -2.59. The van der Waals surface area contributed by atoms with E-state index in [4.69, 9.17) is 5.11 Å². The van der Waals surface area contributed by atoms with Crippen LogP contribution in [-0.4, -0.2) is 29.7 Å². The molecule has 0 aliphatic rings. The molecule has 0 aliphatic carbocycles. The Morgan fingerprint density at radius 1 is 1.29 bits per heavy atom. The van der Waals surface area contributed by atoms with Gasteiger partial charge in [0.1, 0.15) is 5.82 Å². The number of nitrogens with zero attached hydrogens (tertiary/aromatic N) is 1. The quantitative estimate of drug-likeness (QED) is 0.670. The van der Waals surface area contributed by atoms with Crippen LogP contribution in [0.2, 0.25) is 0 Å². The number of anilines is 1. The molecule has 0 bridgehead atoms. The minimum Gasteiger partial charge on any atom is -0.478 e. The van der Waals surface area contributed by atoms with E-state index in [1.54, 1.807) is 25.3 Å². The van der Waals surface area contributed by atoms with Gasteiger partial charge in [-0.2, -0.15) is 5.10 Å². The second kappa shape index (κ2) is 5.60. The molecule has 1 aromatic heterocycles. The highest BCUT2D eigenvalue weighted by Gasteiger charge is 2.19. The zero-order chi connectivity index (χ0) is 17.5. The molecule has 0 aliphatic heterocycles. The van der Waals surface area contributed by atoms with E-state index in [1.807, 2.05) is 0 Å². The van der Waals surface area contributed by atoms with Crippen molar-refractivity contribution in [1.29, 1.82) is 0 Å². The molecule has 124 valence electrons. The smallest absolute Gasteiger partial charge is 0.338 e. The number of benzene rings is 2. The summed E-state index contributed by atoms with van der Waals surface area (Å²) in [5, 5.41) is 16.2. The van der Waals surface area contributed by atoms with E-state index in [-0.39, 0.29) is 4.90 Å². The van der Waals surface area contributed by atoms with Gasteiger partial charge >= 0.3 is 5.97 Å². The number of nitrogens with one attached hydrogen (secondary N) is 2. The molecule has 0 unspecified atom stereocenters. The predicted octanol–water partition coefficient (Wildman–Crippen LogP) is 2.51. The topological polar surface area (TPSA) is 112 Å². The molecule has 0 saturated carbocycles. The maximum absolute atomic E-state index is 13.7. The molecule has 0 atom stereocenters.